The van der Waals surface area contributed by atoms with Crippen molar-refractivity contribution in [2.45, 2.75) is 0 Å². The van der Waals surface area contributed by atoms with Crippen LogP contribution in [-0.2, 0) is 0 Å². The first-order valence-corrected chi connectivity index (χ1v) is 17.0. The molecule has 0 amide bonds. The van der Waals surface area contributed by atoms with Crippen molar-refractivity contribution >= 4 is 61.1 Å². The minimum Gasteiger partial charge on any atom is -0.456 e. The molecule has 6 nitrogen and oxygen atoms in total. The highest BCUT2D eigenvalue weighted by Crippen LogP contribution is 2.42. The third kappa shape index (κ3) is 4.84. The largest absolute Gasteiger partial charge is 0.456 e. The molecule has 6 heteroatoms. The number of anilines is 3. The van der Waals surface area contributed by atoms with Crippen LogP contribution in [0.3, 0.4) is 0 Å². The lowest BCUT2D eigenvalue weighted by Gasteiger charge is -2.24. The van der Waals surface area contributed by atoms with E-state index in [0.717, 1.165) is 66.5 Å². The summed E-state index contributed by atoms with van der Waals surface area (Å²) in [7, 11) is 0. The monoisotopic (exact) mass is 655 g/mol. The second-order valence-corrected chi connectivity index (χ2v) is 12.5. The Morgan fingerprint density at radius 1 is 0.451 bits per heavy atom. The zero-order valence-corrected chi connectivity index (χ0v) is 27.4. The second kappa shape index (κ2) is 11.8. The Hall–Kier alpha value is -7.05. The molecule has 3 heterocycles. The lowest BCUT2D eigenvalue weighted by Crippen LogP contribution is -2.15. The number of rotatable bonds is 6. The number of hydrogen-bond acceptors (Lipinski definition) is 5. The van der Waals surface area contributed by atoms with Gasteiger partial charge in [-0.05, 0) is 66.7 Å². The highest BCUT2D eigenvalue weighted by molar-refractivity contribution is 6.13. The molecule has 0 aliphatic rings. The Labute approximate surface area is 293 Å². The van der Waals surface area contributed by atoms with Gasteiger partial charge in [-0.3, -0.25) is 4.90 Å². The summed E-state index contributed by atoms with van der Waals surface area (Å²) in [5, 5.41) is 4.32. The summed E-state index contributed by atoms with van der Waals surface area (Å²) < 4.78 is 8.64. The van der Waals surface area contributed by atoms with Crippen molar-refractivity contribution in [2.75, 3.05) is 4.90 Å². The molecule has 0 atom stereocenters. The standard InChI is InChI=1S/C45H29N5O/c1-4-15-30(16-5-1)43-46-44(31-27-28-38-36(29-31)34-21-10-12-23-37(34)49(38)32-17-6-2-7-18-32)48-45(47-43)50(33-19-8-3-9-20-33)39-24-14-26-41-42(39)35-22-11-13-25-40(35)51-41/h1-29H. The molecule has 0 radical (unpaired) electrons. The summed E-state index contributed by atoms with van der Waals surface area (Å²) in [6.07, 6.45) is 0. The van der Waals surface area contributed by atoms with Gasteiger partial charge < -0.3 is 8.98 Å². The molecule has 3 aromatic heterocycles. The molecule has 0 aliphatic heterocycles. The van der Waals surface area contributed by atoms with Gasteiger partial charge in [0, 0.05) is 38.7 Å². The van der Waals surface area contributed by atoms with Gasteiger partial charge in [-0.15, -0.1) is 0 Å². The first kappa shape index (κ1) is 28.9. The molecule has 51 heavy (non-hydrogen) atoms. The minimum absolute atomic E-state index is 0.509. The highest BCUT2D eigenvalue weighted by atomic mass is 16.3. The van der Waals surface area contributed by atoms with Gasteiger partial charge in [0.15, 0.2) is 11.6 Å². The fourth-order valence-electron chi connectivity index (χ4n) is 7.16. The lowest BCUT2D eigenvalue weighted by atomic mass is 10.1. The van der Waals surface area contributed by atoms with Crippen molar-refractivity contribution in [2.24, 2.45) is 0 Å². The van der Waals surface area contributed by atoms with Crippen LogP contribution in [0.4, 0.5) is 17.3 Å². The molecular weight excluding hydrogens is 627 g/mol. The lowest BCUT2D eigenvalue weighted by molar-refractivity contribution is 0.669. The minimum atomic E-state index is 0.509. The van der Waals surface area contributed by atoms with E-state index in [1.165, 1.54) is 5.39 Å². The third-order valence-corrected chi connectivity index (χ3v) is 9.44. The van der Waals surface area contributed by atoms with Gasteiger partial charge in [0.05, 0.1) is 22.1 Å². The van der Waals surface area contributed by atoms with Crippen LogP contribution in [0, 0.1) is 0 Å². The molecule has 0 N–H and O–H groups in total. The van der Waals surface area contributed by atoms with E-state index in [2.05, 4.69) is 100 Å². The number of para-hydroxylation sites is 4. The van der Waals surface area contributed by atoms with Gasteiger partial charge in [0.25, 0.3) is 0 Å². The molecule has 10 aromatic rings. The second-order valence-electron chi connectivity index (χ2n) is 12.5. The first-order valence-electron chi connectivity index (χ1n) is 17.0. The van der Waals surface area contributed by atoms with Gasteiger partial charge >= 0.3 is 0 Å². The van der Waals surface area contributed by atoms with Crippen LogP contribution in [0.5, 0.6) is 0 Å². The maximum absolute atomic E-state index is 6.33. The molecule has 0 bridgehead atoms. The van der Waals surface area contributed by atoms with E-state index in [1.807, 2.05) is 84.9 Å². The van der Waals surface area contributed by atoms with Crippen molar-refractivity contribution in [1.29, 1.82) is 0 Å². The average molecular weight is 656 g/mol. The Morgan fingerprint density at radius 2 is 1.08 bits per heavy atom. The van der Waals surface area contributed by atoms with E-state index in [9.17, 15) is 0 Å². The number of fused-ring (bicyclic) bond motifs is 6. The first-order chi connectivity index (χ1) is 25.3. The van der Waals surface area contributed by atoms with E-state index < -0.39 is 0 Å². The van der Waals surface area contributed by atoms with Crippen molar-refractivity contribution in [3.63, 3.8) is 0 Å². The topological polar surface area (TPSA) is 60.0 Å². The van der Waals surface area contributed by atoms with Gasteiger partial charge in [0.2, 0.25) is 5.95 Å². The zero-order valence-electron chi connectivity index (χ0n) is 27.4. The highest BCUT2D eigenvalue weighted by Gasteiger charge is 2.24. The maximum atomic E-state index is 6.33. The van der Waals surface area contributed by atoms with Crippen molar-refractivity contribution < 1.29 is 4.42 Å². The third-order valence-electron chi connectivity index (χ3n) is 9.44. The number of benzene rings is 7. The quantitative estimate of drug-likeness (QED) is 0.178. The SMILES string of the molecule is c1ccc(-c2nc(-c3ccc4c(c3)c3ccccc3n4-c3ccccc3)nc(N(c3ccccc3)c3cccc4oc5ccccc5c34)n2)cc1. The van der Waals surface area contributed by atoms with Gasteiger partial charge in [-0.2, -0.15) is 9.97 Å². The van der Waals surface area contributed by atoms with Crippen LogP contribution in [0.1, 0.15) is 0 Å². The molecule has 0 saturated heterocycles. The number of nitrogens with zero attached hydrogens (tertiary/aromatic N) is 5. The summed E-state index contributed by atoms with van der Waals surface area (Å²) in [5.41, 5.74) is 8.66. The van der Waals surface area contributed by atoms with Crippen LogP contribution in [-0.4, -0.2) is 19.5 Å². The van der Waals surface area contributed by atoms with Crippen molar-refractivity contribution in [3.8, 4) is 28.5 Å². The van der Waals surface area contributed by atoms with Gasteiger partial charge in [-0.1, -0.05) is 109 Å². The predicted octanol–water partition coefficient (Wildman–Crippen LogP) is 11.7. The Bertz CT molecular complexity index is 2860. The van der Waals surface area contributed by atoms with E-state index in [-0.39, 0.29) is 0 Å². The average Bonchev–Trinajstić information content (AvgIpc) is 3.75. The fraction of sp³-hybridized carbons (Fsp3) is 0. The summed E-state index contributed by atoms with van der Waals surface area (Å²) >= 11 is 0. The van der Waals surface area contributed by atoms with Crippen molar-refractivity contribution in [3.05, 3.63) is 176 Å². The van der Waals surface area contributed by atoms with E-state index in [0.29, 0.717) is 17.6 Å². The molecule has 7 aromatic carbocycles. The van der Waals surface area contributed by atoms with Crippen LogP contribution in [0.25, 0.3) is 72.2 Å². The molecule has 0 unspecified atom stereocenters. The van der Waals surface area contributed by atoms with Crippen LogP contribution in [0.15, 0.2) is 180 Å². The van der Waals surface area contributed by atoms with Crippen molar-refractivity contribution in [1.82, 2.24) is 19.5 Å². The molecule has 10 rings (SSSR count). The van der Waals surface area contributed by atoms with Crippen LogP contribution in [0.2, 0.25) is 0 Å². The van der Waals surface area contributed by atoms with E-state index in [4.69, 9.17) is 19.4 Å². The van der Waals surface area contributed by atoms with Crippen LogP contribution < -0.4 is 4.90 Å². The maximum Gasteiger partial charge on any atom is 0.238 e. The predicted molar refractivity (Wildman–Crippen MR) is 207 cm³/mol. The number of furan rings is 1. The van der Waals surface area contributed by atoms with Gasteiger partial charge in [0.1, 0.15) is 11.2 Å². The zero-order chi connectivity index (χ0) is 33.7. The van der Waals surface area contributed by atoms with E-state index in [1.54, 1.807) is 0 Å². The molecule has 0 fully saturated rings. The van der Waals surface area contributed by atoms with Crippen LogP contribution >= 0.6 is 0 Å². The summed E-state index contributed by atoms with van der Waals surface area (Å²) in [6, 6.07) is 60.2. The molecule has 0 saturated carbocycles. The molecule has 0 aliphatic carbocycles. The van der Waals surface area contributed by atoms with E-state index >= 15 is 0 Å². The number of aromatic nitrogens is 4. The fourth-order valence-corrected chi connectivity index (χ4v) is 7.16. The molecular formula is C45H29N5O. The Balaban J connectivity index is 1.23. The molecule has 240 valence electrons. The Kier molecular flexibility index (Phi) is 6.70. The normalized spacial score (nSPS) is 11.5. The summed E-state index contributed by atoms with van der Waals surface area (Å²) in [5.74, 6) is 1.68. The summed E-state index contributed by atoms with van der Waals surface area (Å²) in [4.78, 5) is 17.7. The Morgan fingerprint density at radius 3 is 1.88 bits per heavy atom. The summed E-state index contributed by atoms with van der Waals surface area (Å²) in [6.45, 7) is 0. The van der Waals surface area contributed by atoms with Gasteiger partial charge in [-0.25, -0.2) is 4.98 Å². The smallest absolute Gasteiger partial charge is 0.238 e. The number of hydrogen-bond donors (Lipinski definition) is 0. The molecule has 0 spiro atoms.